The zero-order chi connectivity index (χ0) is 11.5. The summed E-state index contributed by atoms with van der Waals surface area (Å²) in [7, 11) is 1.71. The second-order valence-electron chi connectivity index (χ2n) is 3.99. The Labute approximate surface area is 99.9 Å². The highest BCUT2D eigenvalue weighted by molar-refractivity contribution is 7.07. The molecule has 0 unspecified atom stereocenters. The van der Waals surface area contributed by atoms with E-state index in [0.29, 0.717) is 5.92 Å². The van der Waals surface area contributed by atoms with Crippen molar-refractivity contribution >= 4 is 11.3 Å². The van der Waals surface area contributed by atoms with Gasteiger partial charge in [-0.05, 0) is 29.7 Å². The van der Waals surface area contributed by atoms with Crippen LogP contribution in [0.5, 0.6) is 5.75 Å². The average Bonchev–Trinajstić information content (AvgIpc) is 2.81. The molecule has 0 aliphatic heterocycles. The Morgan fingerprint density at radius 3 is 2.69 bits per heavy atom. The molecule has 0 saturated heterocycles. The summed E-state index contributed by atoms with van der Waals surface area (Å²) in [6.07, 6.45) is 0. The van der Waals surface area contributed by atoms with E-state index in [4.69, 9.17) is 4.74 Å². The molecule has 0 aliphatic rings. The Morgan fingerprint density at radius 2 is 2.12 bits per heavy atom. The third-order valence-electron chi connectivity index (χ3n) is 2.58. The quantitative estimate of drug-likeness (QED) is 0.801. The van der Waals surface area contributed by atoms with Gasteiger partial charge in [-0.25, -0.2) is 4.98 Å². The molecular weight excluding hydrogens is 218 g/mol. The molecule has 3 heteroatoms. The fourth-order valence-electron chi connectivity index (χ4n) is 1.70. The maximum absolute atomic E-state index is 5.36. The molecule has 16 heavy (non-hydrogen) atoms. The summed E-state index contributed by atoms with van der Waals surface area (Å²) >= 11 is 1.62. The lowest BCUT2D eigenvalue weighted by Gasteiger charge is -2.12. The van der Waals surface area contributed by atoms with Gasteiger partial charge in [0.25, 0.3) is 0 Å². The smallest absolute Gasteiger partial charge is 0.122 e. The van der Waals surface area contributed by atoms with E-state index in [1.54, 1.807) is 18.4 Å². The largest absolute Gasteiger partial charge is 0.496 e. The average molecular weight is 233 g/mol. The molecule has 0 fully saturated rings. The number of hydrogen-bond donors (Lipinski definition) is 0. The van der Waals surface area contributed by atoms with Crippen LogP contribution in [0.1, 0.15) is 25.3 Å². The Kier molecular flexibility index (Phi) is 3.25. The van der Waals surface area contributed by atoms with Crippen molar-refractivity contribution in [2.75, 3.05) is 7.11 Å². The number of nitrogens with zero attached hydrogens (tertiary/aromatic N) is 1. The van der Waals surface area contributed by atoms with E-state index in [9.17, 15) is 0 Å². The summed E-state index contributed by atoms with van der Waals surface area (Å²) in [6, 6.07) is 6.24. The predicted octanol–water partition coefficient (Wildman–Crippen LogP) is 3.94. The van der Waals surface area contributed by atoms with Crippen LogP contribution in [-0.4, -0.2) is 12.1 Å². The lowest BCUT2D eigenvalue weighted by molar-refractivity contribution is 0.407. The molecule has 1 heterocycles. The van der Waals surface area contributed by atoms with Crippen molar-refractivity contribution in [3.8, 4) is 17.0 Å². The Hall–Kier alpha value is -1.35. The van der Waals surface area contributed by atoms with Crippen LogP contribution in [0.4, 0.5) is 0 Å². The lowest BCUT2D eigenvalue weighted by Crippen LogP contribution is -1.94. The zero-order valence-electron chi connectivity index (χ0n) is 9.73. The fourth-order valence-corrected chi connectivity index (χ4v) is 2.26. The molecule has 1 aromatic carbocycles. The summed E-state index contributed by atoms with van der Waals surface area (Å²) in [4.78, 5) is 4.32. The van der Waals surface area contributed by atoms with Crippen molar-refractivity contribution < 1.29 is 4.74 Å². The number of rotatable bonds is 3. The molecular formula is C13H15NOS. The molecule has 0 aliphatic carbocycles. The van der Waals surface area contributed by atoms with E-state index < -0.39 is 0 Å². The summed E-state index contributed by atoms with van der Waals surface area (Å²) in [5.74, 6) is 1.41. The van der Waals surface area contributed by atoms with Crippen molar-refractivity contribution in [1.82, 2.24) is 4.98 Å². The zero-order valence-corrected chi connectivity index (χ0v) is 10.5. The van der Waals surface area contributed by atoms with Crippen molar-refractivity contribution in [3.63, 3.8) is 0 Å². The number of methoxy groups -OCH3 is 1. The maximum Gasteiger partial charge on any atom is 0.122 e. The second kappa shape index (κ2) is 4.66. The number of aromatic nitrogens is 1. The minimum absolute atomic E-state index is 0.452. The van der Waals surface area contributed by atoms with Crippen LogP contribution in [0.2, 0.25) is 0 Å². The van der Waals surface area contributed by atoms with Gasteiger partial charge in [0.15, 0.2) is 0 Å². The number of thiazole rings is 1. The van der Waals surface area contributed by atoms with Crippen molar-refractivity contribution in [2.24, 2.45) is 0 Å². The summed E-state index contributed by atoms with van der Waals surface area (Å²) in [5.41, 5.74) is 5.28. The fraction of sp³-hybridized carbons (Fsp3) is 0.308. The van der Waals surface area contributed by atoms with Gasteiger partial charge in [-0.2, -0.15) is 0 Å². The van der Waals surface area contributed by atoms with E-state index in [2.05, 4.69) is 36.3 Å². The maximum atomic E-state index is 5.36. The van der Waals surface area contributed by atoms with Gasteiger partial charge in [-0.15, -0.1) is 11.3 Å². The molecule has 2 rings (SSSR count). The first-order valence-corrected chi connectivity index (χ1v) is 6.23. The normalized spacial score (nSPS) is 10.8. The second-order valence-corrected chi connectivity index (χ2v) is 4.70. The summed E-state index contributed by atoms with van der Waals surface area (Å²) in [6.45, 7) is 4.34. The minimum Gasteiger partial charge on any atom is -0.496 e. The molecule has 0 atom stereocenters. The summed E-state index contributed by atoms with van der Waals surface area (Å²) in [5, 5.41) is 2.06. The standard InChI is InChI=1S/C13H15NOS/c1-9(2)11-6-10(4-5-13(11)15-3)12-7-16-8-14-12/h4-9H,1-3H3. The monoisotopic (exact) mass is 233 g/mol. The van der Waals surface area contributed by atoms with Crippen LogP contribution in [0.25, 0.3) is 11.3 Å². The highest BCUT2D eigenvalue weighted by Crippen LogP contribution is 2.31. The van der Waals surface area contributed by atoms with E-state index in [1.807, 2.05) is 11.6 Å². The van der Waals surface area contributed by atoms with Gasteiger partial charge >= 0.3 is 0 Å². The van der Waals surface area contributed by atoms with Gasteiger partial charge in [0.05, 0.1) is 18.3 Å². The van der Waals surface area contributed by atoms with Gasteiger partial charge in [0.2, 0.25) is 0 Å². The van der Waals surface area contributed by atoms with Crippen molar-refractivity contribution in [1.29, 1.82) is 0 Å². The molecule has 2 nitrogen and oxygen atoms in total. The number of benzene rings is 1. The minimum atomic E-state index is 0.452. The van der Waals surface area contributed by atoms with Crippen molar-refractivity contribution in [2.45, 2.75) is 19.8 Å². The molecule has 0 bridgehead atoms. The molecule has 0 amide bonds. The third-order valence-corrected chi connectivity index (χ3v) is 3.17. The third kappa shape index (κ3) is 2.09. The molecule has 0 saturated carbocycles. The van der Waals surface area contributed by atoms with Crippen LogP contribution in [0.3, 0.4) is 0 Å². The Bertz CT molecular complexity index is 463. The molecule has 0 N–H and O–H groups in total. The molecule has 84 valence electrons. The van der Waals surface area contributed by atoms with Gasteiger partial charge in [0, 0.05) is 10.9 Å². The van der Waals surface area contributed by atoms with Crippen LogP contribution < -0.4 is 4.74 Å². The SMILES string of the molecule is COc1ccc(-c2cscn2)cc1C(C)C. The molecule has 2 aromatic rings. The van der Waals surface area contributed by atoms with Crippen LogP contribution in [0.15, 0.2) is 29.1 Å². The van der Waals surface area contributed by atoms with Crippen LogP contribution >= 0.6 is 11.3 Å². The topological polar surface area (TPSA) is 22.1 Å². The highest BCUT2D eigenvalue weighted by Gasteiger charge is 2.09. The molecule has 1 aromatic heterocycles. The first-order chi connectivity index (χ1) is 7.72. The predicted molar refractivity (Wildman–Crippen MR) is 68.2 cm³/mol. The van der Waals surface area contributed by atoms with E-state index in [-0.39, 0.29) is 0 Å². The van der Waals surface area contributed by atoms with Gasteiger partial charge in [-0.1, -0.05) is 13.8 Å². The van der Waals surface area contributed by atoms with E-state index in [0.717, 1.165) is 17.0 Å². The first kappa shape index (κ1) is 11.1. The van der Waals surface area contributed by atoms with Gasteiger partial charge < -0.3 is 4.74 Å². The van der Waals surface area contributed by atoms with Gasteiger partial charge in [0.1, 0.15) is 5.75 Å². The Morgan fingerprint density at radius 1 is 1.31 bits per heavy atom. The van der Waals surface area contributed by atoms with E-state index in [1.165, 1.54) is 5.56 Å². The number of hydrogen-bond acceptors (Lipinski definition) is 3. The number of ether oxygens (including phenoxy) is 1. The lowest BCUT2D eigenvalue weighted by atomic mass is 9.99. The van der Waals surface area contributed by atoms with Crippen LogP contribution in [-0.2, 0) is 0 Å². The molecule has 0 radical (unpaired) electrons. The highest BCUT2D eigenvalue weighted by atomic mass is 32.1. The van der Waals surface area contributed by atoms with Crippen LogP contribution in [0, 0.1) is 0 Å². The Balaban J connectivity index is 2.47. The van der Waals surface area contributed by atoms with Crippen molar-refractivity contribution in [3.05, 3.63) is 34.7 Å². The first-order valence-electron chi connectivity index (χ1n) is 5.29. The van der Waals surface area contributed by atoms with E-state index >= 15 is 0 Å². The molecule has 0 spiro atoms. The summed E-state index contributed by atoms with van der Waals surface area (Å²) < 4.78 is 5.36. The van der Waals surface area contributed by atoms with Gasteiger partial charge in [-0.3, -0.25) is 0 Å².